The molecule has 0 bridgehead atoms. The zero-order valence-corrected chi connectivity index (χ0v) is 17.7. The quantitative estimate of drug-likeness (QED) is 0.469. The van der Waals surface area contributed by atoms with E-state index in [2.05, 4.69) is 20.3 Å². The second-order valence-electron chi connectivity index (χ2n) is 7.59. The van der Waals surface area contributed by atoms with Gasteiger partial charge in [-0.05, 0) is 43.3 Å². The predicted octanol–water partition coefficient (Wildman–Crippen LogP) is 5.08. The highest BCUT2D eigenvalue weighted by Crippen LogP contribution is 2.39. The highest BCUT2D eigenvalue weighted by atomic mass is 19.4. The van der Waals surface area contributed by atoms with Crippen LogP contribution in [0.1, 0.15) is 28.4 Å². The van der Waals surface area contributed by atoms with Crippen LogP contribution in [0.2, 0.25) is 0 Å². The van der Waals surface area contributed by atoms with Crippen LogP contribution >= 0.6 is 0 Å². The van der Waals surface area contributed by atoms with Gasteiger partial charge in [-0.15, -0.1) is 13.2 Å². The number of halogens is 9. The molecule has 1 amide bonds. The third-order valence-corrected chi connectivity index (χ3v) is 4.61. The van der Waals surface area contributed by atoms with E-state index in [9.17, 15) is 49.6 Å². The van der Waals surface area contributed by atoms with Gasteiger partial charge < -0.3 is 10.1 Å². The van der Waals surface area contributed by atoms with E-state index in [-0.39, 0.29) is 11.6 Å². The minimum atomic E-state index is -5.20. The van der Waals surface area contributed by atoms with Gasteiger partial charge in [-0.3, -0.25) is 4.79 Å². The van der Waals surface area contributed by atoms with Crippen LogP contribution in [0.3, 0.4) is 0 Å². The van der Waals surface area contributed by atoms with Crippen molar-refractivity contribution in [1.29, 1.82) is 5.26 Å². The lowest BCUT2D eigenvalue weighted by atomic mass is 10.0. The molecular weight excluding hydrogens is 513 g/mol. The van der Waals surface area contributed by atoms with Crippen molar-refractivity contribution < 1.29 is 49.0 Å². The predicted molar refractivity (Wildman–Crippen MR) is 102 cm³/mol. The van der Waals surface area contributed by atoms with Crippen molar-refractivity contribution in [3.8, 4) is 11.8 Å². The number of hydrogen-bond acceptors (Lipinski definition) is 5. The molecule has 0 radical (unpaired) electrons. The van der Waals surface area contributed by atoms with Crippen molar-refractivity contribution in [3.63, 3.8) is 0 Å². The van der Waals surface area contributed by atoms with E-state index < -0.39 is 64.6 Å². The SMILES string of the molecule is CC(C#N)(Cn1nc2cc(C(F)(F)F)cc(C(F)(F)F)c2n1)NC(=O)c1ccc(OC(F)(F)F)cc1. The average Bonchev–Trinajstić information content (AvgIpc) is 3.12. The van der Waals surface area contributed by atoms with Crippen LogP contribution in [-0.2, 0) is 18.9 Å². The van der Waals surface area contributed by atoms with E-state index in [0.717, 1.165) is 31.2 Å². The van der Waals surface area contributed by atoms with Crippen molar-refractivity contribution in [2.75, 3.05) is 0 Å². The molecule has 1 atom stereocenters. The average molecular weight is 525 g/mol. The topological polar surface area (TPSA) is 92.8 Å². The molecule has 0 saturated carbocycles. The molecule has 2 aromatic carbocycles. The molecule has 1 aromatic heterocycles. The van der Waals surface area contributed by atoms with Crippen LogP contribution in [0.4, 0.5) is 39.5 Å². The fourth-order valence-electron chi connectivity index (χ4n) is 3.03. The monoisotopic (exact) mass is 525 g/mol. The van der Waals surface area contributed by atoms with Crippen LogP contribution in [-0.4, -0.2) is 32.8 Å². The summed E-state index contributed by atoms with van der Waals surface area (Å²) in [6.07, 6.45) is -15.3. The summed E-state index contributed by atoms with van der Waals surface area (Å²) >= 11 is 0. The smallest absolute Gasteiger partial charge is 0.406 e. The maximum atomic E-state index is 13.4. The largest absolute Gasteiger partial charge is 0.573 e. The zero-order chi connectivity index (χ0) is 27.1. The van der Waals surface area contributed by atoms with E-state index in [1.807, 2.05) is 0 Å². The first-order chi connectivity index (χ1) is 16.4. The number of aromatic nitrogens is 3. The van der Waals surface area contributed by atoms with Gasteiger partial charge in [-0.2, -0.15) is 46.6 Å². The number of carbonyl (C=O) groups excluding carboxylic acids is 1. The minimum Gasteiger partial charge on any atom is -0.406 e. The Labute approximate surface area is 195 Å². The van der Waals surface area contributed by atoms with Crippen molar-refractivity contribution in [2.45, 2.75) is 37.7 Å². The number of amides is 1. The summed E-state index contributed by atoms with van der Waals surface area (Å²) in [4.78, 5) is 13.0. The summed E-state index contributed by atoms with van der Waals surface area (Å²) in [6, 6.07) is 5.53. The Bertz CT molecular complexity index is 1320. The number of nitrogens with one attached hydrogen (secondary N) is 1. The van der Waals surface area contributed by atoms with E-state index in [1.165, 1.54) is 0 Å². The Morgan fingerprint density at radius 3 is 2.11 bits per heavy atom. The Kier molecular flexibility index (Phi) is 6.55. The second-order valence-corrected chi connectivity index (χ2v) is 7.59. The molecule has 0 saturated heterocycles. The number of fused-ring (bicyclic) bond motifs is 1. The molecule has 0 aliphatic rings. The Balaban J connectivity index is 1.88. The molecular formula is C20H12F9N5O2. The summed E-state index contributed by atoms with van der Waals surface area (Å²) in [7, 11) is 0. The van der Waals surface area contributed by atoms with Gasteiger partial charge in [0.15, 0.2) is 0 Å². The van der Waals surface area contributed by atoms with E-state index in [4.69, 9.17) is 0 Å². The Morgan fingerprint density at radius 1 is 1.00 bits per heavy atom. The number of hydrogen-bond donors (Lipinski definition) is 1. The molecule has 192 valence electrons. The molecule has 3 rings (SSSR count). The number of rotatable bonds is 5. The van der Waals surface area contributed by atoms with Gasteiger partial charge in [-0.1, -0.05) is 0 Å². The second kappa shape index (κ2) is 8.88. The molecule has 0 spiro atoms. The van der Waals surface area contributed by atoms with Crippen molar-refractivity contribution in [3.05, 3.63) is 53.1 Å². The summed E-state index contributed by atoms with van der Waals surface area (Å²) < 4.78 is 120. The molecule has 0 fully saturated rings. The molecule has 0 aliphatic heterocycles. The van der Waals surface area contributed by atoms with Gasteiger partial charge in [0, 0.05) is 5.56 Å². The molecule has 1 N–H and O–H groups in total. The molecule has 16 heteroatoms. The van der Waals surface area contributed by atoms with Crippen LogP contribution in [0.25, 0.3) is 11.0 Å². The van der Waals surface area contributed by atoms with Gasteiger partial charge in [0.2, 0.25) is 0 Å². The summed E-state index contributed by atoms with van der Waals surface area (Å²) in [5.41, 5.74) is -7.03. The summed E-state index contributed by atoms with van der Waals surface area (Å²) in [5.74, 6) is -1.57. The van der Waals surface area contributed by atoms with Crippen LogP contribution in [0.5, 0.6) is 5.75 Å². The standard InChI is InChI=1S/C20H12F9N5O2/c1-17(8-30,31-16(35)10-2-4-12(5-3-10)36-20(27,28)29)9-34-32-14-7-11(18(21,22)23)6-13(15(14)33-34)19(24,25)26/h2-7H,9H2,1H3,(H,31,35). The number of benzene rings is 2. The van der Waals surface area contributed by atoms with Gasteiger partial charge in [0.05, 0.1) is 23.7 Å². The first-order valence-corrected chi connectivity index (χ1v) is 9.53. The number of ether oxygens (including phenoxy) is 1. The highest BCUT2D eigenvalue weighted by molar-refractivity contribution is 5.95. The van der Waals surface area contributed by atoms with E-state index >= 15 is 0 Å². The zero-order valence-electron chi connectivity index (χ0n) is 17.7. The lowest BCUT2D eigenvalue weighted by Gasteiger charge is -2.22. The number of alkyl halides is 9. The lowest BCUT2D eigenvalue weighted by molar-refractivity contribution is -0.274. The third kappa shape index (κ3) is 6.15. The van der Waals surface area contributed by atoms with Gasteiger partial charge in [-0.25, -0.2) is 0 Å². The normalized spacial score (nSPS) is 14.2. The van der Waals surface area contributed by atoms with Crippen molar-refractivity contribution >= 4 is 16.9 Å². The first-order valence-electron chi connectivity index (χ1n) is 9.53. The highest BCUT2D eigenvalue weighted by Gasteiger charge is 2.40. The Hall–Kier alpha value is -4.03. The van der Waals surface area contributed by atoms with Crippen LogP contribution in [0, 0.1) is 11.3 Å². The third-order valence-electron chi connectivity index (χ3n) is 4.61. The first kappa shape index (κ1) is 26.6. The Morgan fingerprint density at radius 2 is 1.61 bits per heavy atom. The van der Waals surface area contributed by atoms with Gasteiger partial charge in [0.1, 0.15) is 22.3 Å². The lowest BCUT2D eigenvalue weighted by Crippen LogP contribution is -2.48. The van der Waals surface area contributed by atoms with Crippen LogP contribution < -0.4 is 10.1 Å². The van der Waals surface area contributed by atoms with Crippen molar-refractivity contribution in [1.82, 2.24) is 20.3 Å². The molecule has 0 aliphatic carbocycles. The van der Waals surface area contributed by atoms with E-state index in [0.29, 0.717) is 10.9 Å². The molecule has 1 unspecified atom stereocenters. The van der Waals surface area contributed by atoms with Crippen LogP contribution in [0.15, 0.2) is 36.4 Å². The summed E-state index contributed by atoms with van der Waals surface area (Å²) in [6.45, 7) is 0.448. The fraction of sp³-hybridized carbons (Fsp3) is 0.300. The number of carbonyl (C=O) groups is 1. The maximum Gasteiger partial charge on any atom is 0.573 e. The van der Waals surface area contributed by atoms with E-state index in [1.54, 1.807) is 6.07 Å². The number of nitriles is 1. The minimum absolute atomic E-state index is 0.112. The maximum absolute atomic E-state index is 13.4. The van der Waals surface area contributed by atoms with Crippen molar-refractivity contribution in [2.24, 2.45) is 0 Å². The van der Waals surface area contributed by atoms with Gasteiger partial charge >= 0.3 is 18.7 Å². The van der Waals surface area contributed by atoms with Gasteiger partial charge in [0.25, 0.3) is 5.91 Å². The molecule has 1 heterocycles. The fourth-order valence-corrected chi connectivity index (χ4v) is 3.03. The number of nitrogens with zero attached hydrogens (tertiary/aromatic N) is 4. The molecule has 7 nitrogen and oxygen atoms in total. The molecule has 3 aromatic rings. The summed E-state index contributed by atoms with van der Waals surface area (Å²) in [5, 5.41) is 18.9. The molecule has 36 heavy (non-hydrogen) atoms.